The van der Waals surface area contributed by atoms with Gasteiger partial charge in [0, 0.05) is 5.56 Å². The fourth-order valence-electron chi connectivity index (χ4n) is 3.15. The lowest BCUT2D eigenvalue weighted by atomic mass is 10.1. The maximum Gasteiger partial charge on any atom is 0.265 e. The molecule has 0 aliphatic rings. The van der Waals surface area contributed by atoms with Gasteiger partial charge in [0.25, 0.3) is 10.0 Å². The molecule has 1 unspecified atom stereocenters. The second-order valence-corrected chi connectivity index (χ2v) is 8.38. The molecule has 5 heteroatoms. The number of sulfonamides is 1. The summed E-state index contributed by atoms with van der Waals surface area (Å²) in [5, 5.41) is 0. The SMILES string of the molecule is Cc1ccc(N(C(C)c2ccccc2F)S(=O)(=O)c2ccccc2C)cc1. The summed E-state index contributed by atoms with van der Waals surface area (Å²) in [6.07, 6.45) is 0. The van der Waals surface area contributed by atoms with Crippen molar-refractivity contribution >= 4 is 15.7 Å². The third kappa shape index (κ3) is 3.74. The normalized spacial score (nSPS) is 12.6. The molecule has 0 bridgehead atoms. The van der Waals surface area contributed by atoms with E-state index in [2.05, 4.69) is 0 Å². The molecule has 0 aromatic heterocycles. The maximum absolute atomic E-state index is 14.4. The van der Waals surface area contributed by atoms with E-state index in [1.807, 2.05) is 19.1 Å². The van der Waals surface area contributed by atoms with Crippen LogP contribution in [0, 0.1) is 19.7 Å². The summed E-state index contributed by atoms with van der Waals surface area (Å²) in [6, 6.07) is 19.6. The molecule has 0 fully saturated rings. The smallest absolute Gasteiger partial charge is 0.259 e. The fraction of sp³-hybridized carbons (Fsp3) is 0.182. The first-order valence-electron chi connectivity index (χ1n) is 8.73. The summed E-state index contributed by atoms with van der Waals surface area (Å²) in [6.45, 7) is 5.40. The number of benzene rings is 3. The molecule has 0 aliphatic heterocycles. The van der Waals surface area contributed by atoms with Crippen LogP contribution in [-0.2, 0) is 10.0 Å². The fourth-order valence-corrected chi connectivity index (χ4v) is 5.02. The van der Waals surface area contributed by atoms with Crippen LogP contribution in [0.3, 0.4) is 0 Å². The highest BCUT2D eigenvalue weighted by Crippen LogP contribution is 2.35. The van der Waals surface area contributed by atoms with Crippen LogP contribution in [-0.4, -0.2) is 8.42 Å². The number of anilines is 1. The Balaban J connectivity index is 2.21. The van der Waals surface area contributed by atoms with Crippen LogP contribution >= 0.6 is 0 Å². The zero-order valence-corrected chi connectivity index (χ0v) is 16.4. The number of hydrogen-bond acceptors (Lipinski definition) is 2. The molecule has 0 saturated heterocycles. The Morgan fingerprint density at radius 2 is 1.44 bits per heavy atom. The molecule has 0 N–H and O–H groups in total. The third-order valence-corrected chi connectivity index (χ3v) is 6.68. The van der Waals surface area contributed by atoms with E-state index < -0.39 is 21.9 Å². The Bertz CT molecular complexity index is 1050. The van der Waals surface area contributed by atoms with Crippen molar-refractivity contribution in [2.75, 3.05) is 4.31 Å². The molecule has 0 radical (unpaired) electrons. The molecular formula is C22H22FNO2S. The highest BCUT2D eigenvalue weighted by Gasteiger charge is 2.32. The number of nitrogens with zero attached hydrogens (tertiary/aromatic N) is 1. The van der Waals surface area contributed by atoms with Crippen molar-refractivity contribution in [2.24, 2.45) is 0 Å². The maximum atomic E-state index is 14.4. The van der Waals surface area contributed by atoms with Gasteiger partial charge in [-0.2, -0.15) is 0 Å². The van der Waals surface area contributed by atoms with Crippen molar-refractivity contribution < 1.29 is 12.8 Å². The van der Waals surface area contributed by atoms with Gasteiger partial charge >= 0.3 is 0 Å². The Hall–Kier alpha value is -2.66. The quantitative estimate of drug-likeness (QED) is 0.592. The van der Waals surface area contributed by atoms with Gasteiger partial charge in [0.1, 0.15) is 5.82 Å². The van der Waals surface area contributed by atoms with E-state index >= 15 is 0 Å². The van der Waals surface area contributed by atoms with Gasteiger partial charge in [-0.3, -0.25) is 4.31 Å². The van der Waals surface area contributed by atoms with Gasteiger partial charge in [-0.05, 0) is 50.6 Å². The van der Waals surface area contributed by atoms with E-state index in [4.69, 9.17) is 0 Å². The van der Waals surface area contributed by atoms with E-state index in [1.165, 1.54) is 10.4 Å². The molecule has 3 aromatic carbocycles. The van der Waals surface area contributed by atoms with Crippen molar-refractivity contribution in [2.45, 2.75) is 31.7 Å². The average Bonchev–Trinajstić information content (AvgIpc) is 2.64. The summed E-state index contributed by atoms with van der Waals surface area (Å²) in [4.78, 5) is 0.216. The van der Waals surface area contributed by atoms with Crippen molar-refractivity contribution in [1.82, 2.24) is 0 Å². The molecule has 3 aromatic rings. The molecule has 0 spiro atoms. The number of halogens is 1. The zero-order chi connectivity index (χ0) is 19.6. The van der Waals surface area contributed by atoms with Gasteiger partial charge in [-0.25, -0.2) is 12.8 Å². The van der Waals surface area contributed by atoms with E-state index in [1.54, 1.807) is 68.4 Å². The number of hydrogen-bond donors (Lipinski definition) is 0. The van der Waals surface area contributed by atoms with Gasteiger partial charge in [-0.1, -0.05) is 54.1 Å². The van der Waals surface area contributed by atoms with Crippen LogP contribution in [0.15, 0.2) is 77.7 Å². The second-order valence-electron chi connectivity index (χ2n) is 6.60. The molecule has 3 rings (SSSR count). The summed E-state index contributed by atoms with van der Waals surface area (Å²) < 4.78 is 42.9. The lowest BCUT2D eigenvalue weighted by Crippen LogP contribution is -2.34. The first kappa shape index (κ1) is 19.1. The lowest BCUT2D eigenvalue weighted by Gasteiger charge is -2.31. The minimum atomic E-state index is -3.90. The largest absolute Gasteiger partial charge is 0.265 e. The van der Waals surface area contributed by atoms with Crippen LogP contribution in [0.5, 0.6) is 0 Å². The van der Waals surface area contributed by atoms with Crippen molar-refractivity contribution in [3.63, 3.8) is 0 Å². The minimum Gasteiger partial charge on any atom is -0.259 e. The van der Waals surface area contributed by atoms with Crippen molar-refractivity contribution in [1.29, 1.82) is 0 Å². The molecule has 0 heterocycles. The van der Waals surface area contributed by atoms with Gasteiger partial charge in [-0.15, -0.1) is 0 Å². The molecule has 140 valence electrons. The van der Waals surface area contributed by atoms with Gasteiger partial charge in [0.15, 0.2) is 0 Å². The summed E-state index contributed by atoms with van der Waals surface area (Å²) in [5.74, 6) is -0.429. The lowest BCUT2D eigenvalue weighted by molar-refractivity contribution is 0.569. The van der Waals surface area contributed by atoms with Gasteiger partial charge in [0.05, 0.1) is 16.6 Å². The molecular weight excluding hydrogens is 361 g/mol. The Kier molecular flexibility index (Phi) is 5.33. The monoisotopic (exact) mass is 383 g/mol. The molecule has 1 atom stereocenters. The van der Waals surface area contributed by atoms with Gasteiger partial charge in [0.2, 0.25) is 0 Å². The molecule has 0 amide bonds. The Morgan fingerprint density at radius 3 is 2.07 bits per heavy atom. The van der Waals surface area contributed by atoms with E-state index in [0.29, 0.717) is 16.8 Å². The van der Waals surface area contributed by atoms with Gasteiger partial charge < -0.3 is 0 Å². The summed E-state index contributed by atoms with van der Waals surface area (Å²) in [5.41, 5.74) is 2.50. The molecule has 3 nitrogen and oxygen atoms in total. The standard InChI is InChI=1S/C22H22FNO2S/c1-16-12-14-19(15-13-16)24(18(3)20-9-5-6-10-21(20)23)27(25,26)22-11-7-4-8-17(22)2/h4-15,18H,1-3H3. The van der Waals surface area contributed by atoms with E-state index in [9.17, 15) is 12.8 Å². The molecule has 0 saturated carbocycles. The van der Waals surface area contributed by atoms with Crippen molar-refractivity contribution in [3.8, 4) is 0 Å². The average molecular weight is 383 g/mol. The van der Waals surface area contributed by atoms with Crippen LogP contribution < -0.4 is 4.31 Å². The first-order valence-corrected chi connectivity index (χ1v) is 10.2. The van der Waals surface area contributed by atoms with Crippen molar-refractivity contribution in [3.05, 3.63) is 95.3 Å². The number of aryl methyl sites for hydroxylation is 2. The minimum absolute atomic E-state index is 0.216. The number of rotatable bonds is 5. The molecule has 27 heavy (non-hydrogen) atoms. The van der Waals surface area contributed by atoms with E-state index in [-0.39, 0.29) is 4.90 Å². The van der Waals surface area contributed by atoms with Crippen LogP contribution in [0.2, 0.25) is 0 Å². The van der Waals surface area contributed by atoms with Crippen LogP contribution in [0.4, 0.5) is 10.1 Å². The van der Waals surface area contributed by atoms with Crippen LogP contribution in [0.25, 0.3) is 0 Å². The Labute approximate surface area is 160 Å². The molecule has 0 aliphatic carbocycles. The Morgan fingerprint density at radius 1 is 0.852 bits per heavy atom. The predicted octanol–water partition coefficient (Wildman–Crippen LogP) is 5.40. The topological polar surface area (TPSA) is 37.4 Å². The highest BCUT2D eigenvalue weighted by molar-refractivity contribution is 7.92. The highest BCUT2D eigenvalue weighted by atomic mass is 32.2. The summed E-state index contributed by atoms with van der Waals surface area (Å²) >= 11 is 0. The second kappa shape index (κ2) is 7.53. The third-order valence-electron chi connectivity index (χ3n) is 4.63. The first-order chi connectivity index (χ1) is 12.8. The van der Waals surface area contributed by atoms with E-state index in [0.717, 1.165) is 5.56 Å². The van der Waals surface area contributed by atoms with Crippen LogP contribution in [0.1, 0.15) is 29.7 Å². The predicted molar refractivity (Wildman–Crippen MR) is 107 cm³/mol. The zero-order valence-electron chi connectivity index (χ0n) is 15.6. The summed E-state index contributed by atoms with van der Waals surface area (Å²) in [7, 11) is -3.90.